The fourth-order valence-electron chi connectivity index (χ4n) is 2.69. The average molecular weight is 330 g/mol. The Balaban J connectivity index is 2.03. The van der Waals surface area contributed by atoms with Gasteiger partial charge in [0, 0.05) is 19.2 Å². The molecule has 0 bridgehead atoms. The molecule has 1 amide bonds. The quantitative estimate of drug-likeness (QED) is 0.873. The Labute approximate surface area is 133 Å². The number of hydrogen-bond acceptors (Lipinski definition) is 3. The maximum Gasteiger partial charge on any atom is 0.389 e. The number of aryl methyl sites for hydroxylation is 1. The molecule has 0 radical (unpaired) electrons. The SMILES string of the molecule is COC1(C(=O)Nc2cccc(CCC(F)(F)F)c2)CCNCC1. The van der Waals surface area contributed by atoms with Gasteiger partial charge in [-0.25, -0.2) is 0 Å². The Morgan fingerprint density at radius 3 is 2.65 bits per heavy atom. The van der Waals surface area contributed by atoms with Crippen molar-refractivity contribution in [1.82, 2.24) is 5.32 Å². The molecule has 0 aromatic heterocycles. The number of methoxy groups -OCH3 is 1. The normalized spacial score (nSPS) is 17.7. The lowest BCUT2D eigenvalue weighted by Crippen LogP contribution is -2.51. The van der Waals surface area contributed by atoms with Crippen LogP contribution in [0.3, 0.4) is 0 Å². The molecule has 1 heterocycles. The Morgan fingerprint density at radius 2 is 2.04 bits per heavy atom. The minimum absolute atomic E-state index is 0.105. The van der Waals surface area contributed by atoms with E-state index in [9.17, 15) is 18.0 Å². The molecule has 0 unspecified atom stereocenters. The van der Waals surface area contributed by atoms with Crippen LogP contribution >= 0.6 is 0 Å². The van der Waals surface area contributed by atoms with Crippen molar-refractivity contribution in [1.29, 1.82) is 0 Å². The highest BCUT2D eigenvalue weighted by molar-refractivity contribution is 5.97. The molecule has 23 heavy (non-hydrogen) atoms. The number of nitrogens with one attached hydrogen (secondary N) is 2. The Hall–Kier alpha value is -1.60. The van der Waals surface area contributed by atoms with Gasteiger partial charge in [0.2, 0.25) is 0 Å². The van der Waals surface area contributed by atoms with Crippen LogP contribution in [0.4, 0.5) is 18.9 Å². The molecule has 1 fully saturated rings. The van der Waals surface area contributed by atoms with Gasteiger partial charge in [0.05, 0.1) is 0 Å². The van der Waals surface area contributed by atoms with Gasteiger partial charge in [-0.3, -0.25) is 4.79 Å². The summed E-state index contributed by atoms with van der Waals surface area (Å²) >= 11 is 0. The second-order valence-electron chi connectivity index (χ2n) is 5.72. The van der Waals surface area contributed by atoms with Gasteiger partial charge in [-0.15, -0.1) is 0 Å². The fourth-order valence-corrected chi connectivity index (χ4v) is 2.69. The number of amides is 1. The minimum Gasteiger partial charge on any atom is -0.368 e. The molecule has 1 aliphatic heterocycles. The largest absolute Gasteiger partial charge is 0.389 e. The van der Waals surface area contributed by atoms with Crippen LogP contribution in [0.5, 0.6) is 0 Å². The zero-order valence-corrected chi connectivity index (χ0v) is 13.0. The van der Waals surface area contributed by atoms with Crippen molar-refractivity contribution in [2.24, 2.45) is 0 Å². The number of carbonyl (C=O) groups excluding carboxylic acids is 1. The van der Waals surface area contributed by atoms with Crippen LogP contribution in [0, 0.1) is 0 Å². The molecule has 0 atom stereocenters. The number of piperidine rings is 1. The standard InChI is InChI=1S/C16H21F3N2O2/c1-23-15(7-9-20-10-8-15)14(22)21-13-4-2-3-12(11-13)5-6-16(17,18)19/h2-4,11,20H,5-10H2,1H3,(H,21,22). The number of benzene rings is 1. The molecule has 7 heteroatoms. The van der Waals surface area contributed by atoms with Gasteiger partial charge in [0.25, 0.3) is 5.91 Å². The summed E-state index contributed by atoms with van der Waals surface area (Å²) in [6.45, 7) is 1.37. The van der Waals surface area contributed by atoms with E-state index in [1.165, 1.54) is 7.11 Å². The lowest BCUT2D eigenvalue weighted by molar-refractivity contribution is -0.140. The number of hydrogen-bond donors (Lipinski definition) is 2. The molecule has 128 valence electrons. The number of rotatable bonds is 5. The highest BCUT2D eigenvalue weighted by Crippen LogP contribution is 2.26. The van der Waals surface area contributed by atoms with Crippen molar-refractivity contribution in [3.8, 4) is 0 Å². The Morgan fingerprint density at radius 1 is 1.35 bits per heavy atom. The molecule has 1 aromatic carbocycles. The van der Waals surface area contributed by atoms with Crippen LogP contribution in [0.1, 0.15) is 24.8 Å². The van der Waals surface area contributed by atoms with Gasteiger partial charge < -0.3 is 15.4 Å². The van der Waals surface area contributed by atoms with E-state index in [1.54, 1.807) is 24.3 Å². The molecule has 1 aromatic rings. The average Bonchev–Trinajstić information content (AvgIpc) is 2.53. The van der Waals surface area contributed by atoms with Crippen LogP contribution in [-0.4, -0.2) is 37.9 Å². The predicted octanol–water partition coefficient (Wildman–Crippen LogP) is 2.89. The van der Waals surface area contributed by atoms with Gasteiger partial charge in [-0.1, -0.05) is 12.1 Å². The van der Waals surface area contributed by atoms with Crippen molar-refractivity contribution < 1.29 is 22.7 Å². The molecule has 2 rings (SSSR count). The third-order valence-corrected chi connectivity index (χ3v) is 4.10. The van der Waals surface area contributed by atoms with E-state index in [4.69, 9.17) is 4.74 Å². The summed E-state index contributed by atoms with van der Waals surface area (Å²) in [5.74, 6) is -0.255. The van der Waals surface area contributed by atoms with E-state index in [2.05, 4.69) is 10.6 Å². The molecule has 1 aliphatic rings. The number of anilines is 1. The van der Waals surface area contributed by atoms with Crippen molar-refractivity contribution >= 4 is 11.6 Å². The van der Waals surface area contributed by atoms with Crippen LogP contribution in [0.25, 0.3) is 0 Å². The van der Waals surface area contributed by atoms with E-state index >= 15 is 0 Å². The van der Waals surface area contributed by atoms with E-state index in [1.807, 2.05) is 0 Å². The van der Waals surface area contributed by atoms with Crippen molar-refractivity contribution in [3.63, 3.8) is 0 Å². The van der Waals surface area contributed by atoms with E-state index < -0.39 is 18.2 Å². The molecule has 2 N–H and O–H groups in total. The zero-order chi connectivity index (χ0) is 16.9. The van der Waals surface area contributed by atoms with Crippen molar-refractivity contribution in [2.45, 2.75) is 37.5 Å². The number of ether oxygens (including phenoxy) is 1. The molecule has 1 saturated heterocycles. The zero-order valence-electron chi connectivity index (χ0n) is 13.0. The lowest BCUT2D eigenvalue weighted by atomic mass is 9.91. The Bertz CT molecular complexity index is 540. The molecule has 0 spiro atoms. The smallest absolute Gasteiger partial charge is 0.368 e. The third kappa shape index (κ3) is 4.94. The summed E-state index contributed by atoms with van der Waals surface area (Å²) in [5, 5.41) is 5.93. The highest BCUT2D eigenvalue weighted by Gasteiger charge is 2.39. The number of carbonyl (C=O) groups is 1. The first-order valence-electron chi connectivity index (χ1n) is 7.58. The number of halogens is 3. The summed E-state index contributed by atoms with van der Waals surface area (Å²) in [5.41, 5.74) is 0.147. The minimum atomic E-state index is -4.19. The summed E-state index contributed by atoms with van der Waals surface area (Å²) < 4.78 is 42.3. The summed E-state index contributed by atoms with van der Waals surface area (Å²) in [4.78, 5) is 12.5. The van der Waals surface area contributed by atoms with E-state index in [0.29, 0.717) is 37.2 Å². The first-order chi connectivity index (χ1) is 10.8. The summed E-state index contributed by atoms with van der Waals surface area (Å²) in [7, 11) is 1.50. The van der Waals surface area contributed by atoms with Gasteiger partial charge in [0.1, 0.15) is 5.60 Å². The Kier molecular flexibility index (Phi) is 5.64. The first kappa shape index (κ1) is 17.7. The van der Waals surface area contributed by atoms with Gasteiger partial charge >= 0.3 is 6.18 Å². The molecule has 0 saturated carbocycles. The highest BCUT2D eigenvalue weighted by atomic mass is 19.4. The van der Waals surface area contributed by atoms with Crippen molar-refractivity contribution in [2.75, 3.05) is 25.5 Å². The summed E-state index contributed by atoms with van der Waals surface area (Å²) in [6.07, 6.45) is -4.05. The van der Waals surface area contributed by atoms with Gasteiger partial charge in [-0.2, -0.15) is 13.2 Å². The van der Waals surface area contributed by atoms with E-state index in [0.717, 1.165) is 0 Å². The lowest BCUT2D eigenvalue weighted by Gasteiger charge is -2.34. The second-order valence-corrected chi connectivity index (χ2v) is 5.72. The maximum absolute atomic E-state index is 12.5. The molecular formula is C16H21F3N2O2. The third-order valence-electron chi connectivity index (χ3n) is 4.10. The fraction of sp³-hybridized carbons (Fsp3) is 0.562. The molecular weight excluding hydrogens is 309 g/mol. The van der Waals surface area contributed by atoms with Crippen LogP contribution in [0.2, 0.25) is 0 Å². The number of alkyl halides is 3. The van der Waals surface area contributed by atoms with Crippen LogP contribution < -0.4 is 10.6 Å². The molecule has 4 nitrogen and oxygen atoms in total. The topological polar surface area (TPSA) is 50.4 Å². The maximum atomic E-state index is 12.5. The van der Waals surface area contributed by atoms with Gasteiger partial charge in [0.15, 0.2) is 0 Å². The van der Waals surface area contributed by atoms with Crippen molar-refractivity contribution in [3.05, 3.63) is 29.8 Å². The van der Waals surface area contributed by atoms with Crippen LogP contribution in [0.15, 0.2) is 24.3 Å². The second kappa shape index (κ2) is 7.31. The monoisotopic (exact) mass is 330 g/mol. The van der Waals surface area contributed by atoms with E-state index in [-0.39, 0.29) is 12.3 Å². The first-order valence-corrected chi connectivity index (χ1v) is 7.58. The summed E-state index contributed by atoms with van der Waals surface area (Å²) in [6, 6.07) is 6.51. The predicted molar refractivity (Wildman–Crippen MR) is 81.3 cm³/mol. The van der Waals surface area contributed by atoms with Crippen LogP contribution in [-0.2, 0) is 16.0 Å². The molecule has 0 aliphatic carbocycles. The van der Waals surface area contributed by atoms with Gasteiger partial charge in [-0.05, 0) is 50.0 Å².